The van der Waals surface area contributed by atoms with E-state index >= 15 is 0 Å². The van der Waals surface area contributed by atoms with Crippen LogP contribution >= 0.6 is 0 Å². The van der Waals surface area contributed by atoms with E-state index in [0.29, 0.717) is 12.6 Å². The van der Waals surface area contributed by atoms with Crippen LogP contribution in [0.3, 0.4) is 0 Å². The van der Waals surface area contributed by atoms with Gasteiger partial charge in [0.25, 0.3) is 0 Å². The average molecular weight is 242 g/mol. The molecule has 6 nitrogen and oxygen atoms in total. The molecule has 0 saturated heterocycles. The zero-order valence-electron chi connectivity index (χ0n) is 10.7. The number of guanidine groups is 2. The normalized spacial score (nSPS) is 11.8. The Morgan fingerprint density at radius 3 is 2.35 bits per heavy atom. The van der Waals surface area contributed by atoms with E-state index in [0.717, 1.165) is 38.5 Å². The van der Waals surface area contributed by atoms with Crippen molar-refractivity contribution in [2.45, 2.75) is 51.5 Å². The molecular formula is C11H26N6. The highest BCUT2D eigenvalue weighted by Crippen LogP contribution is 2.07. The van der Waals surface area contributed by atoms with Crippen molar-refractivity contribution in [3.8, 4) is 0 Å². The average Bonchev–Trinajstić information content (AvgIpc) is 2.25. The Hall–Kier alpha value is -1.46. The topological polar surface area (TPSA) is 126 Å². The molecule has 17 heavy (non-hydrogen) atoms. The maximum atomic E-state index is 7.17. The number of unbranched alkanes of at least 4 members (excludes halogenated alkanes) is 3. The smallest absolute Gasteiger partial charge is 0.185 e. The van der Waals surface area contributed by atoms with E-state index in [1.165, 1.54) is 0 Å². The number of hydrogen-bond donors (Lipinski definition) is 5. The second-order valence-corrected chi connectivity index (χ2v) is 4.17. The van der Waals surface area contributed by atoms with Crippen molar-refractivity contribution in [2.24, 2.45) is 22.2 Å². The van der Waals surface area contributed by atoms with E-state index in [2.05, 4.69) is 17.2 Å². The predicted octanol–water partition coefficient (Wildman–Crippen LogP) is 0.472. The van der Waals surface area contributed by atoms with Crippen LogP contribution in [0.1, 0.15) is 45.4 Å². The fourth-order valence-corrected chi connectivity index (χ4v) is 1.66. The minimum Gasteiger partial charge on any atom is -0.370 e. The van der Waals surface area contributed by atoms with Gasteiger partial charge >= 0.3 is 0 Å². The second-order valence-electron chi connectivity index (χ2n) is 4.17. The van der Waals surface area contributed by atoms with E-state index in [9.17, 15) is 0 Å². The third-order valence-electron chi connectivity index (χ3n) is 2.61. The van der Waals surface area contributed by atoms with Crippen molar-refractivity contribution in [1.29, 1.82) is 5.41 Å². The molecule has 0 fully saturated rings. The zero-order valence-corrected chi connectivity index (χ0v) is 10.7. The molecule has 0 aromatic rings. The Bertz CT molecular complexity index is 234. The molecule has 0 rings (SSSR count). The molecule has 0 aliphatic heterocycles. The number of aliphatic imine (C=N–C) groups is 1. The van der Waals surface area contributed by atoms with Gasteiger partial charge in [-0.25, -0.2) is 0 Å². The van der Waals surface area contributed by atoms with Crippen LogP contribution in [0, 0.1) is 5.41 Å². The first-order valence-corrected chi connectivity index (χ1v) is 6.22. The first kappa shape index (κ1) is 15.5. The molecule has 0 radical (unpaired) electrons. The Labute approximate surface area is 104 Å². The summed E-state index contributed by atoms with van der Waals surface area (Å²) in [7, 11) is 0. The molecule has 0 heterocycles. The van der Waals surface area contributed by atoms with Gasteiger partial charge in [-0.15, -0.1) is 0 Å². The van der Waals surface area contributed by atoms with Crippen LogP contribution in [0.5, 0.6) is 0 Å². The molecule has 0 aliphatic carbocycles. The highest BCUT2D eigenvalue weighted by molar-refractivity contribution is 5.75. The number of hydrogen-bond acceptors (Lipinski definition) is 2. The highest BCUT2D eigenvalue weighted by Gasteiger charge is 2.05. The molecular weight excluding hydrogens is 216 g/mol. The molecule has 0 amide bonds. The minimum absolute atomic E-state index is 0.0598. The molecule has 0 bridgehead atoms. The van der Waals surface area contributed by atoms with E-state index in [1.54, 1.807) is 0 Å². The maximum Gasteiger partial charge on any atom is 0.185 e. The molecule has 6 heteroatoms. The Morgan fingerprint density at radius 1 is 1.18 bits per heavy atom. The summed E-state index contributed by atoms with van der Waals surface area (Å²) >= 11 is 0. The molecule has 1 atom stereocenters. The highest BCUT2D eigenvalue weighted by atomic mass is 15.1. The van der Waals surface area contributed by atoms with Gasteiger partial charge in [0.05, 0.1) is 0 Å². The quantitative estimate of drug-likeness (QED) is 0.229. The Kier molecular flexibility index (Phi) is 8.91. The predicted molar refractivity (Wildman–Crippen MR) is 72.9 cm³/mol. The van der Waals surface area contributed by atoms with Gasteiger partial charge < -0.3 is 22.5 Å². The lowest BCUT2D eigenvalue weighted by atomic mass is 10.1. The summed E-state index contributed by atoms with van der Waals surface area (Å²) in [6.07, 6.45) is 6.50. The summed E-state index contributed by atoms with van der Waals surface area (Å²) in [5.41, 5.74) is 15.8. The Morgan fingerprint density at radius 2 is 1.82 bits per heavy atom. The molecule has 0 spiro atoms. The largest absolute Gasteiger partial charge is 0.370 e. The number of rotatable bonds is 9. The van der Waals surface area contributed by atoms with Gasteiger partial charge in [0.2, 0.25) is 0 Å². The number of nitrogens with two attached hydrogens (primary N) is 3. The first-order chi connectivity index (χ1) is 8.06. The molecule has 8 N–H and O–H groups in total. The van der Waals surface area contributed by atoms with Crippen LogP contribution in [-0.4, -0.2) is 24.5 Å². The summed E-state index contributed by atoms with van der Waals surface area (Å²) < 4.78 is 0. The van der Waals surface area contributed by atoms with Gasteiger partial charge in [-0.05, 0) is 19.3 Å². The molecule has 0 aliphatic rings. The summed E-state index contributed by atoms with van der Waals surface area (Å²) in [6, 6.07) is 0.324. The van der Waals surface area contributed by atoms with E-state index in [4.69, 9.17) is 22.6 Å². The van der Waals surface area contributed by atoms with Gasteiger partial charge in [-0.2, -0.15) is 0 Å². The van der Waals surface area contributed by atoms with Crippen LogP contribution < -0.4 is 22.5 Å². The number of nitrogens with zero attached hydrogens (tertiary/aromatic N) is 1. The van der Waals surface area contributed by atoms with Gasteiger partial charge in [0.1, 0.15) is 0 Å². The van der Waals surface area contributed by atoms with E-state index in [-0.39, 0.29) is 11.9 Å². The molecule has 0 aromatic heterocycles. The van der Waals surface area contributed by atoms with Crippen LogP contribution in [0.2, 0.25) is 0 Å². The van der Waals surface area contributed by atoms with Crippen molar-refractivity contribution in [2.75, 3.05) is 6.54 Å². The van der Waals surface area contributed by atoms with Crippen molar-refractivity contribution in [3.05, 3.63) is 0 Å². The van der Waals surface area contributed by atoms with Gasteiger partial charge in [-0.1, -0.05) is 26.2 Å². The lowest BCUT2D eigenvalue weighted by Crippen LogP contribution is -2.38. The van der Waals surface area contributed by atoms with Gasteiger partial charge in [0.15, 0.2) is 11.9 Å². The monoisotopic (exact) mass is 242 g/mol. The van der Waals surface area contributed by atoms with E-state index in [1.807, 2.05) is 0 Å². The van der Waals surface area contributed by atoms with Gasteiger partial charge in [-0.3, -0.25) is 10.4 Å². The fourth-order valence-electron chi connectivity index (χ4n) is 1.66. The molecule has 0 saturated carbocycles. The minimum atomic E-state index is 0.0598. The zero-order chi connectivity index (χ0) is 13.1. The Balaban J connectivity index is 3.43. The summed E-state index contributed by atoms with van der Waals surface area (Å²) in [5, 5.41) is 10.1. The third kappa shape index (κ3) is 10.8. The van der Waals surface area contributed by atoms with Crippen LogP contribution in [0.4, 0.5) is 0 Å². The lowest BCUT2D eigenvalue weighted by molar-refractivity contribution is 0.498. The first-order valence-electron chi connectivity index (χ1n) is 6.22. The van der Waals surface area contributed by atoms with Crippen molar-refractivity contribution in [3.63, 3.8) is 0 Å². The summed E-state index contributed by atoms with van der Waals surface area (Å²) in [4.78, 5) is 3.93. The summed E-state index contributed by atoms with van der Waals surface area (Å²) in [6.45, 7) is 2.81. The van der Waals surface area contributed by atoms with Crippen molar-refractivity contribution in [1.82, 2.24) is 5.32 Å². The maximum absolute atomic E-state index is 7.17. The van der Waals surface area contributed by atoms with Crippen LogP contribution in [-0.2, 0) is 0 Å². The molecule has 100 valence electrons. The van der Waals surface area contributed by atoms with Crippen LogP contribution in [0.25, 0.3) is 0 Å². The lowest BCUT2D eigenvalue weighted by Gasteiger charge is -2.16. The molecule has 0 aromatic carbocycles. The van der Waals surface area contributed by atoms with Crippen molar-refractivity contribution >= 4 is 11.9 Å². The van der Waals surface area contributed by atoms with Gasteiger partial charge in [0, 0.05) is 12.6 Å². The number of nitrogens with one attached hydrogen (secondary N) is 2. The standard InChI is InChI=1S/C11H26N6/c1-2-9(17-11(14)15)7-5-3-4-6-8-16-10(12)13/h9H,2-8H2,1H3,(H4,12,13,16)(H4,14,15,17). The fraction of sp³-hybridized carbons (Fsp3) is 0.818. The summed E-state index contributed by atoms with van der Waals surface area (Å²) in [5.74, 6) is 0.228. The molecule has 1 unspecified atom stereocenters. The third-order valence-corrected chi connectivity index (χ3v) is 2.61. The second kappa shape index (κ2) is 9.74. The van der Waals surface area contributed by atoms with E-state index < -0.39 is 0 Å². The van der Waals surface area contributed by atoms with Crippen LogP contribution in [0.15, 0.2) is 4.99 Å². The SMILES string of the molecule is CCC(CCCCCCN=C(N)N)NC(=N)N. The van der Waals surface area contributed by atoms with Crippen molar-refractivity contribution < 1.29 is 0 Å².